The minimum Gasteiger partial charge on any atom is -0.444 e. The molecule has 1 N–H and O–H groups in total. The van der Waals surface area contributed by atoms with Crippen LogP contribution < -0.4 is 10.2 Å². The molecule has 2 atom stereocenters. The molecule has 2 amide bonds. The molecule has 2 aliphatic heterocycles. The number of benzene rings is 1. The Kier molecular flexibility index (Phi) is 6.93. The normalized spacial score (nSPS) is 22.3. The maximum Gasteiger partial charge on any atom is 0.410 e. The summed E-state index contributed by atoms with van der Waals surface area (Å²) in [4.78, 5) is 33.4. The fourth-order valence-electron chi connectivity index (χ4n) is 5.06. The minimum absolute atomic E-state index is 0.0547. The van der Waals surface area contributed by atoms with E-state index in [-0.39, 0.29) is 50.2 Å². The second kappa shape index (κ2) is 9.63. The predicted octanol–water partition coefficient (Wildman–Crippen LogP) is 4.61. The van der Waals surface area contributed by atoms with E-state index in [0.717, 1.165) is 28.7 Å². The van der Waals surface area contributed by atoms with E-state index in [1.54, 1.807) is 6.20 Å². The molecule has 8 heteroatoms. The van der Waals surface area contributed by atoms with E-state index in [9.17, 15) is 9.59 Å². The van der Waals surface area contributed by atoms with E-state index in [1.807, 2.05) is 26.8 Å². The number of nitrogens with one attached hydrogen (secondary N) is 1. The number of ether oxygens (including phenoxy) is 1. The van der Waals surface area contributed by atoms with Crippen LogP contribution in [0.2, 0.25) is 0 Å². The lowest BCUT2D eigenvalue weighted by Crippen LogP contribution is -2.49. The van der Waals surface area contributed by atoms with Crippen LogP contribution in [0, 0.1) is 12.8 Å². The molecule has 0 aliphatic carbocycles. The van der Waals surface area contributed by atoms with Gasteiger partial charge in [-0.05, 0) is 70.2 Å². The first-order valence-electron chi connectivity index (χ1n) is 12.5. The molecule has 0 spiro atoms. The van der Waals surface area contributed by atoms with Crippen LogP contribution >= 0.6 is 0 Å². The van der Waals surface area contributed by atoms with E-state index in [2.05, 4.69) is 47.2 Å². The van der Waals surface area contributed by atoms with Crippen molar-refractivity contribution in [3.8, 4) is 0 Å². The molecular formula is C27H37FN4O3. The fraction of sp³-hybridized carbons (Fsp3) is 0.593. The molecule has 1 unspecified atom stereocenters. The van der Waals surface area contributed by atoms with Crippen LogP contribution in [0.4, 0.5) is 14.9 Å². The topological polar surface area (TPSA) is 74.8 Å². The van der Waals surface area contributed by atoms with Crippen molar-refractivity contribution in [3.05, 3.63) is 36.0 Å². The van der Waals surface area contributed by atoms with Crippen molar-refractivity contribution in [2.45, 2.75) is 71.2 Å². The molecule has 7 nitrogen and oxygen atoms in total. The van der Waals surface area contributed by atoms with Crippen molar-refractivity contribution >= 4 is 28.6 Å². The summed E-state index contributed by atoms with van der Waals surface area (Å²) in [5.41, 5.74) is 1.03. The number of alkyl halides is 1. The second-order valence-corrected chi connectivity index (χ2v) is 11.2. The number of nitrogens with zero attached hydrogens (tertiary/aromatic N) is 3. The van der Waals surface area contributed by atoms with Crippen LogP contribution in [0.1, 0.15) is 52.5 Å². The minimum atomic E-state index is -1.61. The predicted molar refractivity (Wildman–Crippen MR) is 135 cm³/mol. The molecule has 190 valence electrons. The van der Waals surface area contributed by atoms with Gasteiger partial charge in [0.15, 0.2) is 0 Å². The number of hydrogen-bond acceptors (Lipinski definition) is 5. The number of anilines is 1. The summed E-state index contributed by atoms with van der Waals surface area (Å²) in [6, 6.07) is 8.17. The third kappa shape index (κ3) is 5.85. The Hall–Kier alpha value is -2.90. The Morgan fingerprint density at radius 3 is 2.60 bits per heavy atom. The lowest BCUT2D eigenvalue weighted by molar-refractivity contribution is -0.125. The highest BCUT2D eigenvalue weighted by Gasteiger charge is 2.40. The van der Waals surface area contributed by atoms with Gasteiger partial charge in [0, 0.05) is 43.4 Å². The average Bonchev–Trinajstić information content (AvgIpc) is 3.12. The number of carbonyl (C=O) groups is 2. The van der Waals surface area contributed by atoms with Crippen molar-refractivity contribution in [2.75, 3.05) is 31.1 Å². The average molecular weight is 485 g/mol. The molecule has 1 aromatic heterocycles. The third-order valence-electron chi connectivity index (χ3n) is 7.04. The van der Waals surface area contributed by atoms with Gasteiger partial charge in [0.2, 0.25) is 5.91 Å². The molecule has 35 heavy (non-hydrogen) atoms. The van der Waals surface area contributed by atoms with Gasteiger partial charge in [-0.3, -0.25) is 9.78 Å². The zero-order chi connectivity index (χ0) is 25.4. The lowest BCUT2D eigenvalue weighted by Gasteiger charge is -2.37. The molecule has 2 aliphatic rings. The van der Waals surface area contributed by atoms with E-state index >= 15 is 4.39 Å². The Bertz CT molecular complexity index is 1090. The van der Waals surface area contributed by atoms with E-state index in [1.165, 1.54) is 4.90 Å². The largest absolute Gasteiger partial charge is 0.444 e. The standard InChI is InChI=1S/C27H37FN4O3/c1-18-8-9-22(20-7-6-12-29-24(18)20)32-16-19(2)21(17-32)30-23(33)15-27(28)10-13-31(14-11-27)25(34)35-26(3,4)5/h6-9,12,19,21H,10-11,13-17H2,1-5H3,(H,30,33)/t19-,21?/m1/s1. The van der Waals surface area contributed by atoms with Crippen LogP contribution in [-0.4, -0.2) is 65.4 Å². The Labute approximate surface area is 207 Å². The first-order valence-corrected chi connectivity index (χ1v) is 12.5. The monoisotopic (exact) mass is 484 g/mol. The van der Waals surface area contributed by atoms with E-state index in [0.29, 0.717) is 6.54 Å². The van der Waals surface area contributed by atoms with Gasteiger partial charge in [0.1, 0.15) is 11.3 Å². The number of likely N-dealkylation sites (tertiary alicyclic amines) is 1. The lowest BCUT2D eigenvalue weighted by atomic mass is 9.89. The van der Waals surface area contributed by atoms with Crippen molar-refractivity contribution in [1.29, 1.82) is 0 Å². The van der Waals surface area contributed by atoms with E-state index < -0.39 is 17.4 Å². The van der Waals surface area contributed by atoms with Gasteiger partial charge in [-0.1, -0.05) is 13.0 Å². The molecule has 0 saturated carbocycles. The first-order chi connectivity index (χ1) is 16.4. The number of pyridine rings is 1. The molecule has 4 rings (SSSR count). The van der Waals surface area contributed by atoms with Gasteiger partial charge in [-0.15, -0.1) is 0 Å². The first kappa shape index (κ1) is 25.2. The molecule has 2 aromatic rings. The number of aromatic nitrogens is 1. The van der Waals surface area contributed by atoms with Crippen molar-refractivity contribution < 1.29 is 18.7 Å². The zero-order valence-electron chi connectivity index (χ0n) is 21.4. The number of hydrogen-bond donors (Lipinski definition) is 1. The van der Waals surface area contributed by atoms with Gasteiger partial charge in [-0.25, -0.2) is 9.18 Å². The molecule has 0 radical (unpaired) electrons. The summed E-state index contributed by atoms with van der Waals surface area (Å²) in [7, 11) is 0. The summed E-state index contributed by atoms with van der Waals surface area (Å²) < 4.78 is 20.8. The van der Waals surface area contributed by atoms with Crippen LogP contribution in [0.3, 0.4) is 0 Å². The third-order valence-corrected chi connectivity index (χ3v) is 7.04. The summed E-state index contributed by atoms with van der Waals surface area (Å²) in [5, 5.41) is 4.19. The van der Waals surface area contributed by atoms with Gasteiger partial charge < -0.3 is 19.9 Å². The fourth-order valence-corrected chi connectivity index (χ4v) is 5.06. The number of aryl methyl sites for hydroxylation is 1. The zero-order valence-corrected chi connectivity index (χ0v) is 21.4. The highest BCUT2D eigenvalue weighted by molar-refractivity contribution is 5.94. The van der Waals surface area contributed by atoms with Crippen molar-refractivity contribution in [3.63, 3.8) is 0 Å². The molecule has 2 fully saturated rings. The molecule has 0 bridgehead atoms. The Morgan fingerprint density at radius 2 is 1.91 bits per heavy atom. The van der Waals surface area contributed by atoms with E-state index in [4.69, 9.17) is 4.74 Å². The summed E-state index contributed by atoms with van der Waals surface area (Å²) >= 11 is 0. The molecule has 1 aromatic carbocycles. The quantitative estimate of drug-likeness (QED) is 0.686. The number of carbonyl (C=O) groups excluding carboxylic acids is 2. The summed E-state index contributed by atoms with van der Waals surface area (Å²) in [5.74, 6) is -0.0381. The number of halogens is 1. The van der Waals surface area contributed by atoms with Crippen molar-refractivity contribution in [2.24, 2.45) is 5.92 Å². The maximum atomic E-state index is 15.5. The molecular weight excluding hydrogens is 447 g/mol. The van der Waals surface area contributed by atoms with Gasteiger partial charge >= 0.3 is 6.09 Å². The molecule has 3 heterocycles. The van der Waals surface area contributed by atoms with Crippen LogP contribution in [0.5, 0.6) is 0 Å². The van der Waals surface area contributed by atoms with Gasteiger partial charge in [0.25, 0.3) is 0 Å². The number of rotatable bonds is 4. The Balaban J connectivity index is 1.33. The Morgan fingerprint density at radius 1 is 1.20 bits per heavy atom. The SMILES string of the molecule is Cc1ccc(N2CC(NC(=O)CC3(F)CCN(C(=O)OC(C)(C)C)CC3)[C@H](C)C2)c2cccnc12. The second-order valence-electron chi connectivity index (χ2n) is 11.2. The number of amides is 2. The van der Waals surface area contributed by atoms with Crippen molar-refractivity contribution in [1.82, 2.24) is 15.2 Å². The van der Waals surface area contributed by atoms with Crippen LogP contribution in [0.25, 0.3) is 10.9 Å². The molecule has 2 saturated heterocycles. The number of piperidine rings is 1. The highest BCUT2D eigenvalue weighted by Crippen LogP contribution is 2.33. The van der Waals surface area contributed by atoms with Crippen LogP contribution in [-0.2, 0) is 9.53 Å². The summed E-state index contributed by atoms with van der Waals surface area (Å²) in [6.07, 6.45) is 1.46. The maximum absolute atomic E-state index is 15.5. The number of fused-ring (bicyclic) bond motifs is 1. The van der Waals surface area contributed by atoms with Gasteiger partial charge in [-0.2, -0.15) is 0 Å². The highest BCUT2D eigenvalue weighted by atomic mass is 19.1. The smallest absolute Gasteiger partial charge is 0.410 e. The summed E-state index contributed by atoms with van der Waals surface area (Å²) in [6.45, 7) is 11.6. The van der Waals surface area contributed by atoms with Gasteiger partial charge in [0.05, 0.1) is 18.0 Å². The van der Waals surface area contributed by atoms with Crippen LogP contribution in [0.15, 0.2) is 30.5 Å².